The van der Waals surface area contributed by atoms with E-state index in [4.69, 9.17) is 9.15 Å². The molecule has 0 bridgehead atoms. The zero-order chi connectivity index (χ0) is 15.8. The van der Waals surface area contributed by atoms with Crippen LogP contribution in [0.25, 0.3) is 0 Å². The van der Waals surface area contributed by atoms with Crippen molar-refractivity contribution in [1.29, 1.82) is 0 Å². The topological polar surface area (TPSA) is 84.6 Å². The van der Waals surface area contributed by atoms with Crippen molar-refractivity contribution in [3.05, 3.63) is 17.3 Å². The molecule has 1 aromatic rings. The molecule has 0 saturated heterocycles. The summed E-state index contributed by atoms with van der Waals surface area (Å²) in [6.45, 7) is 10.0. The van der Waals surface area contributed by atoms with Gasteiger partial charge in [-0.25, -0.2) is 4.98 Å². The van der Waals surface area contributed by atoms with Gasteiger partial charge in [-0.05, 0) is 13.8 Å². The van der Waals surface area contributed by atoms with E-state index in [1.807, 2.05) is 20.8 Å². The molecule has 6 heteroatoms. The van der Waals surface area contributed by atoms with Crippen molar-refractivity contribution in [2.24, 2.45) is 5.41 Å². The number of aryl methyl sites for hydroxylation is 2. The van der Waals surface area contributed by atoms with Crippen molar-refractivity contribution in [1.82, 2.24) is 10.3 Å². The fraction of sp³-hybridized carbons (Fsp3) is 0.733. The molecular weight excluding hydrogens is 272 g/mol. The van der Waals surface area contributed by atoms with Crippen LogP contribution in [0.3, 0.4) is 0 Å². The summed E-state index contributed by atoms with van der Waals surface area (Å²) in [5.74, 6) is 0.309. The zero-order valence-electron chi connectivity index (χ0n) is 13.3. The maximum Gasteiger partial charge on any atom is 0.289 e. The fourth-order valence-corrected chi connectivity index (χ4v) is 2.81. The van der Waals surface area contributed by atoms with Crippen LogP contribution in [0.4, 0.5) is 0 Å². The molecule has 2 unspecified atom stereocenters. The van der Waals surface area contributed by atoms with Crippen LogP contribution in [0.1, 0.15) is 49.3 Å². The van der Waals surface area contributed by atoms with Crippen LogP contribution in [0, 0.1) is 19.3 Å². The van der Waals surface area contributed by atoms with Crippen molar-refractivity contribution in [2.45, 2.75) is 52.7 Å². The maximum absolute atomic E-state index is 12.1. The summed E-state index contributed by atoms with van der Waals surface area (Å²) in [5.41, 5.74) is -0.814. The minimum absolute atomic E-state index is 0.0127. The van der Waals surface area contributed by atoms with Crippen LogP contribution >= 0.6 is 0 Å². The summed E-state index contributed by atoms with van der Waals surface area (Å²) in [6.07, 6.45) is 0.529. The molecule has 0 aromatic carbocycles. The highest BCUT2D eigenvalue weighted by Gasteiger charge is 2.60. The summed E-state index contributed by atoms with van der Waals surface area (Å²) < 4.78 is 10.9. The van der Waals surface area contributed by atoms with Gasteiger partial charge in [0.15, 0.2) is 5.89 Å². The summed E-state index contributed by atoms with van der Waals surface area (Å²) in [7, 11) is 0. The number of oxazole rings is 1. The van der Waals surface area contributed by atoms with E-state index in [1.54, 1.807) is 13.8 Å². The number of aromatic nitrogens is 1. The molecule has 2 atom stereocenters. The molecule has 2 N–H and O–H groups in total. The lowest BCUT2D eigenvalue weighted by atomic mass is 9.56. The van der Waals surface area contributed by atoms with Crippen LogP contribution in [-0.4, -0.2) is 40.9 Å². The normalized spacial score (nSPS) is 27.2. The Balaban J connectivity index is 1.97. The van der Waals surface area contributed by atoms with Gasteiger partial charge in [-0.1, -0.05) is 13.8 Å². The van der Waals surface area contributed by atoms with Crippen molar-refractivity contribution < 1.29 is 19.1 Å². The van der Waals surface area contributed by atoms with Gasteiger partial charge in [0, 0.05) is 31.9 Å². The Kier molecular flexibility index (Phi) is 4.13. The van der Waals surface area contributed by atoms with Gasteiger partial charge in [-0.2, -0.15) is 0 Å². The summed E-state index contributed by atoms with van der Waals surface area (Å²) in [6, 6.07) is 0. The Labute approximate surface area is 124 Å². The van der Waals surface area contributed by atoms with Crippen molar-refractivity contribution in [3.8, 4) is 0 Å². The number of nitrogens with one attached hydrogen (secondary N) is 1. The highest BCUT2D eigenvalue weighted by Crippen LogP contribution is 2.50. The SMILES string of the molecule is CCOC1CC(O)(CNC(=O)c2oc(C)nc2C)C1(C)C. The number of carbonyl (C=O) groups excluding carboxylic acids is 1. The number of ether oxygens (including phenoxy) is 1. The first-order chi connectivity index (χ1) is 9.71. The molecule has 1 fully saturated rings. The van der Waals surface area contributed by atoms with Gasteiger partial charge in [0.25, 0.3) is 5.91 Å². The summed E-state index contributed by atoms with van der Waals surface area (Å²) in [5, 5.41) is 13.4. The van der Waals surface area contributed by atoms with Crippen LogP contribution in [0.2, 0.25) is 0 Å². The first kappa shape index (κ1) is 16.0. The van der Waals surface area contributed by atoms with Gasteiger partial charge in [0.1, 0.15) is 0 Å². The van der Waals surface area contributed by atoms with Crippen molar-refractivity contribution in [3.63, 3.8) is 0 Å². The molecule has 0 spiro atoms. The average molecular weight is 296 g/mol. The summed E-state index contributed by atoms with van der Waals surface area (Å²) >= 11 is 0. The first-order valence-corrected chi connectivity index (χ1v) is 7.27. The van der Waals surface area contributed by atoms with Gasteiger partial charge >= 0.3 is 0 Å². The molecule has 0 radical (unpaired) electrons. The molecule has 118 valence electrons. The number of rotatable bonds is 5. The van der Waals surface area contributed by atoms with Gasteiger partial charge in [-0.15, -0.1) is 0 Å². The molecule has 0 aliphatic heterocycles. The number of carbonyl (C=O) groups is 1. The Bertz CT molecular complexity index is 538. The molecule has 1 amide bonds. The largest absolute Gasteiger partial charge is 0.436 e. The van der Waals surface area contributed by atoms with E-state index in [0.29, 0.717) is 24.6 Å². The third-order valence-corrected chi connectivity index (χ3v) is 4.55. The van der Waals surface area contributed by atoms with Gasteiger partial charge in [0.2, 0.25) is 5.76 Å². The highest BCUT2D eigenvalue weighted by atomic mass is 16.5. The number of hydrogen-bond donors (Lipinski definition) is 2. The Morgan fingerprint density at radius 1 is 1.52 bits per heavy atom. The predicted octanol–water partition coefficient (Wildman–Crippen LogP) is 1.59. The third-order valence-electron chi connectivity index (χ3n) is 4.55. The quantitative estimate of drug-likeness (QED) is 0.862. The second-order valence-electron chi connectivity index (χ2n) is 6.23. The lowest BCUT2D eigenvalue weighted by Gasteiger charge is -2.57. The Morgan fingerprint density at radius 3 is 2.67 bits per heavy atom. The molecule has 1 heterocycles. The molecule has 1 aliphatic rings. The van der Waals surface area contributed by atoms with E-state index in [-0.39, 0.29) is 24.3 Å². The molecule has 1 saturated carbocycles. The number of amides is 1. The molecule has 1 aromatic heterocycles. The van der Waals surface area contributed by atoms with Crippen LogP contribution in [0.5, 0.6) is 0 Å². The smallest absolute Gasteiger partial charge is 0.289 e. The molecule has 2 rings (SSSR count). The van der Waals surface area contributed by atoms with Crippen LogP contribution in [-0.2, 0) is 4.74 Å². The van der Waals surface area contributed by atoms with E-state index < -0.39 is 11.0 Å². The average Bonchev–Trinajstić information content (AvgIpc) is 2.75. The van der Waals surface area contributed by atoms with E-state index >= 15 is 0 Å². The second kappa shape index (κ2) is 5.42. The van der Waals surface area contributed by atoms with E-state index in [9.17, 15) is 9.90 Å². The zero-order valence-corrected chi connectivity index (χ0v) is 13.3. The van der Waals surface area contributed by atoms with Crippen LogP contribution in [0.15, 0.2) is 4.42 Å². The lowest BCUT2D eigenvalue weighted by molar-refractivity contribution is -0.237. The van der Waals surface area contributed by atoms with Crippen LogP contribution < -0.4 is 5.32 Å². The van der Waals surface area contributed by atoms with E-state index in [0.717, 1.165) is 0 Å². The lowest BCUT2D eigenvalue weighted by Crippen LogP contribution is -2.68. The van der Waals surface area contributed by atoms with Gasteiger partial charge < -0.3 is 19.6 Å². The van der Waals surface area contributed by atoms with E-state index in [2.05, 4.69) is 10.3 Å². The maximum atomic E-state index is 12.1. The molecular formula is C15H24N2O4. The minimum atomic E-state index is -0.967. The number of hydrogen-bond acceptors (Lipinski definition) is 5. The predicted molar refractivity (Wildman–Crippen MR) is 77.1 cm³/mol. The van der Waals surface area contributed by atoms with Crippen molar-refractivity contribution in [2.75, 3.05) is 13.2 Å². The molecule has 1 aliphatic carbocycles. The Morgan fingerprint density at radius 2 is 2.19 bits per heavy atom. The standard InChI is InChI=1S/C15H24N2O4/c1-6-20-11-7-15(19,14(11,4)5)8-16-13(18)12-9(2)17-10(3)21-12/h11,19H,6-8H2,1-5H3,(H,16,18). The Hall–Kier alpha value is -1.40. The van der Waals surface area contributed by atoms with Gasteiger partial charge in [-0.3, -0.25) is 4.79 Å². The molecule has 21 heavy (non-hydrogen) atoms. The fourth-order valence-electron chi connectivity index (χ4n) is 2.81. The monoisotopic (exact) mass is 296 g/mol. The third kappa shape index (κ3) is 2.70. The van der Waals surface area contributed by atoms with Gasteiger partial charge in [0.05, 0.1) is 17.4 Å². The first-order valence-electron chi connectivity index (χ1n) is 7.27. The summed E-state index contributed by atoms with van der Waals surface area (Å²) in [4.78, 5) is 16.2. The van der Waals surface area contributed by atoms with E-state index in [1.165, 1.54) is 0 Å². The highest BCUT2D eigenvalue weighted by molar-refractivity contribution is 5.92. The number of aliphatic hydroxyl groups is 1. The minimum Gasteiger partial charge on any atom is -0.436 e. The number of nitrogens with zero attached hydrogens (tertiary/aromatic N) is 1. The molecule has 6 nitrogen and oxygen atoms in total. The van der Waals surface area contributed by atoms with Crippen molar-refractivity contribution >= 4 is 5.91 Å². The second-order valence-corrected chi connectivity index (χ2v) is 6.23.